The lowest BCUT2D eigenvalue weighted by Gasteiger charge is -2.10. The van der Waals surface area contributed by atoms with E-state index in [1.165, 1.54) is 16.9 Å². The smallest absolute Gasteiger partial charge is 0.263 e. The lowest BCUT2D eigenvalue weighted by Crippen LogP contribution is -2.22. The van der Waals surface area contributed by atoms with E-state index in [2.05, 4.69) is 28.6 Å². The van der Waals surface area contributed by atoms with Crippen molar-refractivity contribution < 1.29 is 14.3 Å². The van der Waals surface area contributed by atoms with E-state index in [-0.39, 0.29) is 5.91 Å². The number of nitrogens with one attached hydrogen (secondary N) is 2. The van der Waals surface area contributed by atoms with Gasteiger partial charge in [-0.1, -0.05) is 35.1 Å². The molecule has 3 aromatic rings. The molecule has 1 heterocycles. The number of aryl methyl sites for hydroxylation is 3. The maximum atomic E-state index is 12.7. The van der Waals surface area contributed by atoms with Gasteiger partial charge in [0.1, 0.15) is 4.88 Å². The highest BCUT2D eigenvalue weighted by Gasteiger charge is 2.16. The number of ether oxygens (including phenoxy) is 2. The zero-order chi connectivity index (χ0) is 21.0. The molecule has 0 saturated carbocycles. The normalized spacial score (nSPS) is 10.5. The zero-order valence-corrected chi connectivity index (χ0v) is 18.1. The Morgan fingerprint density at radius 2 is 1.79 bits per heavy atom. The van der Waals surface area contributed by atoms with Gasteiger partial charge < -0.3 is 20.1 Å². The molecule has 2 aromatic carbocycles. The standard InChI is InChI=1S/C22H25N3O3S/c1-13-6-8-17(14(2)10-13)25-22-24-15(3)20(29-22)21(26)23-12-16-7-9-18(27-4)19(11-16)28-5/h6-11H,12H2,1-5H3,(H,23,26)(H,24,25). The number of anilines is 2. The van der Waals surface area contributed by atoms with E-state index in [4.69, 9.17) is 9.47 Å². The summed E-state index contributed by atoms with van der Waals surface area (Å²) in [4.78, 5) is 17.8. The average molecular weight is 412 g/mol. The van der Waals surface area contributed by atoms with Crippen molar-refractivity contribution in [3.05, 3.63) is 63.7 Å². The Bertz CT molecular complexity index is 1030. The van der Waals surface area contributed by atoms with Crippen molar-refractivity contribution in [3.63, 3.8) is 0 Å². The number of methoxy groups -OCH3 is 2. The van der Waals surface area contributed by atoms with E-state index >= 15 is 0 Å². The highest BCUT2D eigenvalue weighted by Crippen LogP contribution is 2.29. The number of amides is 1. The monoisotopic (exact) mass is 411 g/mol. The maximum absolute atomic E-state index is 12.7. The molecule has 0 aliphatic heterocycles. The third-order valence-corrected chi connectivity index (χ3v) is 5.60. The van der Waals surface area contributed by atoms with Gasteiger partial charge in [-0.2, -0.15) is 0 Å². The SMILES string of the molecule is COc1ccc(CNC(=O)c2sc(Nc3ccc(C)cc3C)nc2C)cc1OC. The van der Waals surface area contributed by atoms with Crippen LogP contribution in [0, 0.1) is 20.8 Å². The van der Waals surface area contributed by atoms with Crippen LogP contribution in [0.5, 0.6) is 11.5 Å². The Labute approximate surface area is 174 Å². The first-order valence-corrected chi connectivity index (χ1v) is 10.0. The summed E-state index contributed by atoms with van der Waals surface area (Å²) in [5, 5.41) is 6.96. The van der Waals surface area contributed by atoms with Gasteiger partial charge in [0.05, 0.1) is 19.9 Å². The van der Waals surface area contributed by atoms with Crippen LogP contribution >= 0.6 is 11.3 Å². The van der Waals surface area contributed by atoms with Gasteiger partial charge in [0, 0.05) is 12.2 Å². The minimum atomic E-state index is -0.150. The summed E-state index contributed by atoms with van der Waals surface area (Å²) >= 11 is 1.35. The fraction of sp³-hybridized carbons (Fsp3) is 0.273. The second-order valence-electron chi connectivity index (χ2n) is 6.75. The molecule has 6 nitrogen and oxygen atoms in total. The molecule has 1 aromatic heterocycles. The second kappa shape index (κ2) is 8.96. The first-order valence-electron chi connectivity index (χ1n) is 9.22. The molecule has 1 amide bonds. The fourth-order valence-corrected chi connectivity index (χ4v) is 3.88. The number of carbonyl (C=O) groups excluding carboxylic acids is 1. The molecule has 2 N–H and O–H groups in total. The van der Waals surface area contributed by atoms with Crippen molar-refractivity contribution in [2.45, 2.75) is 27.3 Å². The van der Waals surface area contributed by atoms with Crippen LogP contribution < -0.4 is 20.1 Å². The minimum Gasteiger partial charge on any atom is -0.493 e. The summed E-state index contributed by atoms with van der Waals surface area (Å²) in [7, 11) is 3.18. The first kappa shape index (κ1) is 20.7. The average Bonchev–Trinajstić information content (AvgIpc) is 3.08. The van der Waals surface area contributed by atoms with E-state index in [9.17, 15) is 4.79 Å². The maximum Gasteiger partial charge on any atom is 0.263 e. The van der Waals surface area contributed by atoms with Gasteiger partial charge in [-0.3, -0.25) is 4.79 Å². The van der Waals surface area contributed by atoms with Crippen LogP contribution in [-0.2, 0) is 6.54 Å². The van der Waals surface area contributed by atoms with Crippen LogP contribution in [0.1, 0.15) is 32.1 Å². The number of benzene rings is 2. The lowest BCUT2D eigenvalue weighted by atomic mass is 10.1. The van der Waals surface area contributed by atoms with Crippen molar-refractivity contribution in [1.29, 1.82) is 0 Å². The van der Waals surface area contributed by atoms with Crippen LogP contribution in [0.15, 0.2) is 36.4 Å². The lowest BCUT2D eigenvalue weighted by molar-refractivity contribution is 0.0954. The molecule has 0 atom stereocenters. The highest BCUT2D eigenvalue weighted by atomic mass is 32.1. The van der Waals surface area contributed by atoms with Crippen molar-refractivity contribution >= 4 is 28.1 Å². The molecule has 0 aliphatic rings. The van der Waals surface area contributed by atoms with E-state index in [0.717, 1.165) is 16.8 Å². The molecular formula is C22H25N3O3S. The number of rotatable bonds is 7. The number of hydrogen-bond acceptors (Lipinski definition) is 6. The van der Waals surface area contributed by atoms with Crippen LogP contribution in [0.25, 0.3) is 0 Å². The third kappa shape index (κ3) is 4.86. The number of aromatic nitrogens is 1. The minimum absolute atomic E-state index is 0.150. The van der Waals surface area contributed by atoms with Gasteiger partial charge in [-0.25, -0.2) is 4.98 Å². The molecule has 152 valence electrons. The summed E-state index contributed by atoms with van der Waals surface area (Å²) < 4.78 is 10.6. The number of nitrogens with zero attached hydrogens (tertiary/aromatic N) is 1. The van der Waals surface area contributed by atoms with E-state index in [1.54, 1.807) is 14.2 Å². The van der Waals surface area contributed by atoms with Gasteiger partial charge in [0.15, 0.2) is 16.6 Å². The summed E-state index contributed by atoms with van der Waals surface area (Å²) in [6.45, 7) is 6.34. The summed E-state index contributed by atoms with van der Waals surface area (Å²) in [6, 6.07) is 11.8. The van der Waals surface area contributed by atoms with Gasteiger partial charge >= 0.3 is 0 Å². The van der Waals surface area contributed by atoms with Crippen molar-refractivity contribution in [1.82, 2.24) is 10.3 Å². The summed E-state index contributed by atoms with van der Waals surface area (Å²) in [6.07, 6.45) is 0. The molecule has 0 saturated heterocycles. The quantitative estimate of drug-likeness (QED) is 0.586. The third-order valence-electron chi connectivity index (χ3n) is 4.53. The van der Waals surface area contributed by atoms with E-state index in [0.29, 0.717) is 33.7 Å². The van der Waals surface area contributed by atoms with Gasteiger partial charge in [0.2, 0.25) is 0 Å². The highest BCUT2D eigenvalue weighted by molar-refractivity contribution is 7.17. The summed E-state index contributed by atoms with van der Waals surface area (Å²) in [5.41, 5.74) is 4.96. The largest absolute Gasteiger partial charge is 0.493 e. The topological polar surface area (TPSA) is 72.5 Å². The Hall–Kier alpha value is -3.06. The van der Waals surface area contributed by atoms with Crippen molar-refractivity contribution in [2.24, 2.45) is 0 Å². The predicted molar refractivity (Wildman–Crippen MR) is 117 cm³/mol. The van der Waals surface area contributed by atoms with Crippen molar-refractivity contribution in [3.8, 4) is 11.5 Å². The molecule has 0 radical (unpaired) electrons. The Kier molecular flexibility index (Phi) is 6.39. The Morgan fingerprint density at radius 3 is 2.48 bits per heavy atom. The molecule has 7 heteroatoms. The molecule has 0 aliphatic carbocycles. The predicted octanol–water partition coefficient (Wildman–Crippen LogP) is 4.76. The van der Waals surface area contributed by atoms with Gasteiger partial charge in [0.25, 0.3) is 5.91 Å². The zero-order valence-electron chi connectivity index (χ0n) is 17.3. The first-order chi connectivity index (χ1) is 13.9. The Morgan fingerprint density at radius 1 is 1.03 bits per heavy atom. The van der Waals surface area contributed by atoms with Crippen LogP contribution in [-0.4, -0.2) is 25.1 Å². The molecule has 0 spiro atoms. The number of hydrogen-bond donors (Lipinski definition) is 2. The van der Waals surface area contributed by atoms with Gasteiger partial charge in [-0.05, 0) is 50.1 Å². The van der Waals surface area contributed by atoms with E-state index in [1.807, 2.05) is 44.2 Å². The number of thiazole rings is 1. The Balaban J connectivity index is 1.68. The van der Waals surface area contributed by atoms with Gasteiger partial charge in [-0.15, -0.1) is 0 Å². The molecule has 0 unspecified atom stereocenters. The second-order valence-corrected chi connectivity index (χ2v) is 7.75. The molecular weight excluding hydrogens is 386 g/mol. The summed E-state index contributed by atoms with van der Waals surface area (Å²) in [5.74, 6) is 1.14. The van der Waals surface area contributed by atoms with Crippen LogP contribution in [0.3, 0.4) is 0 Å². The fourth-order valence-electron chi connectivity index (χ4n) is 2.98. The van der Waals surface area contributed by atoms with Crippen LogP contribution in [0.4, 0.5) is 10.8 Å². The molecule has 0 bridgehead atoms. The number of carbonyl (C=O) groups is 1. The van der Waals surface area contributed by atoms with Crippen molar-refractivity contribution in [2.75, 3.05) is 19.5 Å². The molecule has 0 fully saturated rings. The molecule has 29 heavy (non-hydrogen) atoms. The van der Waals surface area contributed by atoms with Crippen LogP contribution in [0.2, 0.25) is 0 Å². The molecule has 3 rings (SSSR count). The van der Waals surface area contributed by atoms with E-state index < -0.39 is 0 Å².